The lowest BCUT2D eigenvalue weighted by Crippen LogP contribution is -2.18. The van der Waals surface area contributed by atoms with Gasteiger partial charge in [0.1, 0.15) is 17.8 Å². The second kappa shape index (κ2) is 9.73. The smallest absolute Gasteiger partial charge is 0.492 e. The first-order valence-electron chi connectivity index (χ1n) is 10.7. The van der Waals surface area contributed by atoms with Crippen LogP contribution in [0, 0.1) is 0 Å². The molecular formula is C25H21F3N2O5S. The summed E-state index contributed by atoms with van der Waals surface area (Å²) in [5.74, 6) is 0.256. The fourth-order valence-electron chi connectivity index (χ4n) is 3.78. The number of rotatable bonds is 6. The maximum absolute atomic E-state index is 13.3. The van der Waals surface area contributed by atoms with Gasteiger partial charge in [0.2, 0.25) is 5.89 Å². The standard InChI is InChI=1S/C25H21F3N2O5S/c1-24(2)13-34-21-18(10-15(11-19(21)24)22-30-6-7-33-22)17-9-14(4-5-20(17)35-25(26,27)28)8-16(12-31)36-23(32)29-3/h4-12H,13H2,1-3H3,(H,29,32)/b16-8-. The van der Waals surface area contributed by atoms with E-state index in [0.717, 1.165) is 11.6 Å². The number of ether oxygens (including phenoxy) is 2. The Morgan fingerprint density at radius 3 is 2.64 bits per heavy atom. The summed E-state index contributed by atoms with van der Waals surface area (Å²) < 4.78 is 55.6. The van der Waals surface area contributed by atoms with Crippen molar-refractivity contribution in [2.45, 2.75) is 25.6 Å². The van der Waals surface area contributed by atoms with Gasteiger partial charge in [-0.3, -0.25) is 9.59 Å². The molecule has 0 spiro atoms. The summed E-state index contributed by atoms with van der Waals surface area (Å²) in [6, 6.07) is 7.43. The molecule has 188 valence electrons. The molecule has 36 heavy (non-hydrogen) atoms. The van der Waals surface area contributed by atoms with E-state index in [1.54, 1.807) is 6.07 Å². The fraction of sp³-hybridized carbons (Fsp3) is 0.240. The van der Waals surface area contributed by atoms with E-state index in [2.05, 4.69) is 15.0 Å². The van der Waals surface area contributed by atoms with Crippen LogP contribution in [0.1, 0.15) is 25.0 Å². The second-order valence-electron chi connectivity index (χ2n) is 8.52. The molecule has 0 radical (unpaired) electrons. The third kappa shape index (κ3) is 5.40. The summed E-state index contributed by atoms with van der Waals surface area (Å²) in [4.78, 5) is 27.4. The zero-order valence-corrected chi connectivity index (χ0v) is 20.3. The van der Waals surface area contributed by atoms with E-state index in [4.69, 9.17) is 9.15 Å². The lowest BCUT2D eigenvalue weighted by molar-refractivity contribution is -0.274. The van der Waals surface area contributed by atoms with Crippen molar-refractivity contribution in [3.05, 3.63) is 58.8 Å². The number of benzene rings is 2. The van der Waals surface area contributed by atoms with Crippen LogP contribution < -0.4 is 14.8 Å². The molecule has 2 heterocycles. The quantitative estimate of drug-likeness (QED) is 0.307. The van der Waals surface area contributed by atoms with Crippen LogP contribution in [0.2, 0.25) is 0 Å². The van der Waals surface area contributed by atoms with Crippen LogP contribution in [-0.4, -0.2) is 36.5 Å². The SMILES string of the molecule is CNC(=O)S/C(C=O)=C\c1ccc(OC(F)(F)F)c(-c2cc(-c3ncco3)cc3c2OCC3(C)C)c1. The van der Waals surface area contributed by atoms with Gasteiger partial charge in [0.05, 0.1) is 17.7 Å². The predicted molar refractivity (Wildman–Crippen MR) is 129 cm³/mol. The molecule has 2 aromatic carbocycles. The summed E-state index contributed by atoms with van der Waals surface area (Å²) in [6.07, 6.45) is -0.182. The molecule has 0 saturated heterocycles. The second-order valence-corrected chi connectivity index (χ2v) is 9.56. The Morgan fingerprint density at radius 2 is 2.00 bits per heavy atom. The number of thioether (sulfide) groups is 1. The van der Waals surface area contributed by atoms with Gasteiger partial charge in [-0.05, 0) is 47.7 Å². The van der Waals surface area contributed by atoms with Crippen molar-refractivity contribution < 1.29 is 36.7 Å². The van der Waals surface area contributed by atoms with Gasteiger partial charge in [-0.25, -0.2) is 4.98 Å². The van der Waals surface area contributed by atoms with Gasteiger partial charge >= 0.3 is 6.36 Å². The molecule has 1 amide bonds. The normalized spacial score (nSPS) is 14.7. The van der Waals surface area contributed by atoms with Crippen molar-refractivity contribution in [3.63, 3.8) is 0 Å². The van der Waals surface area contributed by atoms with Gasteiger partial charge in [-0.15, -0.1) is 13.2 Å². The highest BCUT2D eigenvalue weighted by Gasteiger charge is 2.37. The molecule has 11 heteroatoms. The molecule has 1 aliphatic rings. The van der Waals surface area contributed by atoms with E-state index in [1.165, 1.54) is 37.7 Å². The number of aldehydes is 1. The minimum Gasteiger partial charge on any atom is -0.492 e. The van der Waals surface area contributed by atoms with Crippen molar-refractivity contribution >= 4 is 29.4 Å². The van der Waals surface area contributed by atoms with Crippen LogP contribution in [0.5, 0.6) is 11.5 Å². The average molecular weight is 519 g/mol. The van der Waals surface area contributed by atoms with E-state index < -0.39 is 22.8 Å². The molecule has 7 nitrogen and oxygen atoms in total. The molecule has 0 atom stereocenters. The Hall–Kier alpha value is -3.73. The number of alkyl halides is 3. The van der Waals surface area contributed by atoms with E-state index in [0.29, 0.717) is 53.0 Å². The zero-order valence-electron chi connectivity index (χ0n) is 19.4. The summed E-state index contributed by atoms with van der Waals surface area (Å²) in [5, 5.41) is 1.93. The number of carbonyl (C=O) groups is 2. The number of oxazole rings is 1. The highest BCUT2D eigenvalue weighted by molar-refractivity contribution is 8.17. The molecular weight excluding hydrogens is 497 g/mol. The van der Waals surface area contributed by atoms with E-state index >= 15 is 0 Å². The molecule has 0 saturated carbocycles. The van der Waals surface area contributed by atoms with Crippen molar-refractivity contribution in [3.8, 4) is 34.1 Å². The number of amides is 1. The highest BCUT2D eigenvalue weighted by atomic mass is 32.2. The van der Waals surface area contributed by atoms with Crippen molar-refractivity contribution in [1.82, 2.24) is 10.3 Å². The monoisotopic (exact) mass is 518 g/mol. The Morgan fingerprint density at radius 1 is 1.22 bits per heavy atom. The summed E-state index contributed by atoms with van der Waals surface area (Å²) in [6.45, 7) is 4.23. The Kier molecular flexibility index (Phi) is 6.85. The summed E-state index contributed by atoms with van der Waals surface area (Å²) >= 11 is 0.662. The first-order chi connectivity index (χ1) is 17.0. The van der Waals surface area contributed by atoms with Gasteiger partial charge in [-0.2, -0.15) is 0 Å². The van der Waals surface area contributed by atoms with Crippen LogP contribution in [0.15, 0.2) is 52.1 Å². The number of nitrogens with one attached hydrogen (secondary N) is 1. The largest absolute Gasteiger partial charge is 0.573 e. The number of allylic oxidation sites excluding steroid dienone is 1. The van der Waals surface area contributed by atoms with Crippen LogP contribution in [0.25, 0.3) is 28.7 Å². The van der Waals surface area contributed by atoms with Gasteiger partial charge in [0, 0.05) is 34.7 Å². The average Bonchev–Trinajstić information content (AvgIpc) is 3.46. The number of aromatic nitrogens is 1. The Bertz CT molecular complexity index is 1330. The highest BCUT2D eigenvalue weighted by Crippen LogP contribution is 2.49. The first-order valence-corrected chi connectivity index (χ1v) is 11.5. The fourth-order valence-corrected chi connectivity index (χ4v) is 4.34. The third-order valence-corrected chi connectivity index (χ3v) is 6.27. The zero-order chi connectivity index (χ0) is 26.1. The van der Waals surface area contributed by atoms with Crippen LogP contribution in [0.4, 0.5) is 18.0 Å². The van der Waals surface area contributed by atoms with Crippen LogP contribution in [0.3, 0.4) is 0 Å². The van der Waals surface area contributed by atoms with E-state index in [1.807, 2.05) is 19.9 Å². The minimum atomic E-state index is -4.95. The van der Waals surface area contributed by atoms with E-state index in [-0.39, 0.29) is 10.5 Å². The maximum Gasteiger partial charge on any atom is 0.573 e. The molecule has 1 N–H and O–H groups in total. The summed E-state index contributed by atoms with van der Waals surface area (Å²) in [5.41, 5.74) is 1.70. The van der Waals surface area contributed by atoms with Crippen LogP contribution >= 0.6 is 11.8 Å². The van der Waals surface area contributed by atoms with Crippen molar-refractivity contribution in [2.24, 2.45) is 0 Å². The van der Waals surface area contributed by atoms with Crippen molar-refractivity contribution in [1.29, 1.82) is 0 Å². The van der Waals surface area contributed by atoms with Crippen molar-refractivity contribution in [2.75, 3.05) is 13.7 Å². The lowest BCUT2D eigenvalue weighted by Gasteiger charge is -2.19. The maximum atomic E-state index is 13.3. The number of hydrogen-bond donors (Lipinski definition) is 1. The number of carbonyl (C=O) groups excluding carboxylic acids is 2. The molecule has 0 bridgehead atoms. The molecule has 1 aromatic heterocycles. The number of hydrogen-bond acceptors (Lipinski definition) is 7. The van der Waals surface area contributed by atoms with Gasteiger partial charge in [0.25, 0.3) is 5.24 Å². The Balaban J connectivity index is 1.93. The Labute approximate surface area is 208 Å². The number of halogens is 3. The van der Waals surface area contributed by atoms with Crippen LogP contribution in [-0.2, 0) is 10.2 Å². The molecule has 0 fully saturated rings. The van der Waals surface area contributed by atoms with Gasteiger partial charge in [-0.1, -0.05) is 19.9 Å². The molecule has 1 aliphatic heterocycles. The molecule has 0 unspecified atom stereocenters. The molecule has 4 rings (SSSR count). The first kappa shape index (κ1) is 25.4. The lowest BCUT2D eigenvalue weighted by atomic mass is 9.84. The topological polar surface area (TPSA) is 90.7 Å². The van der Waals surface area contributed by atoms with Gasteiger partial charge in [0.15, 0.2) is 6.29 Å². The summed E-state index contributed by atoms with van der Waals surface area (Å²) in [7, 11) is 1.42. The number of nitrogens with zero attached hydrogens (tertiary/aromatic N) is 1. The molecule has 0 aliphatic carbocycles. The minimum absolute atomic E-state index is 0.0703. The molecule has 3 aromatic rings. The third-order valence-electron chi connectivity index (χ3n) is 5.43. The van der Waals surface area contributed by atoms with Gasteiger partial charge < -0.3 is 19.2 Å². The van der Waals surface area contributed by atoms with E-state index in [9.17, 15) is 22.8 Å². The predicted octanol–water partition coefficient (Wildman–Crippen LogP) is 6.19. The number of fused-ring (bicyclic) bond motifs is 1.